The number of nitrogens with one attached hydrogen (secondary N) is 1. The fraction of sp³-hybridized carbons (Fsp3) is 0.389. The minimum absolute atomic E-state index is 0.196. The lowest BCUT2D eigenvalue weighted by Gasteiger charge is -2.33. The Kier molecular flexibility index (Phi) is 4.74. The summed E-state index contributed by atoms with van der Waals surface area (Å²) in [6.45, 7) is 0. The molecule has 3 rings (SSSR count). The molecule has 0 spiro atoms. The number of rotatable bonds is 5. The summed E-state index contributed by atoms with van der Waals surface area (Å²) >= 11 is 0. The Morgan fingerprint density at radius 3 is 2.44 bits per heavy atom. The van der Waals surface area contributed by atoms with Crippen molar-refractivity contribution >= 4 is 11.9 Å². The van der Waals surface area contributed by atoms with Gasteiger partial charge in [0.15, 0.2) is 5.69 Å². The molecule has 2 aromatic rings. The van der Waals surface area contributed by atoms with E-state index in [0.717, 1.165) is 30.7 Å². The number of carbonyl (C=O) groups is 2. The van der Waals surface area contributed by atoms with Gasteiger partial charge in [0, 0.05) is 6.20 Å². The lowest BCUT2D eigenvalue weighted by Crippen LogP contribution is -2.55. The first-order valence-corrected chi connectivity index (χ1v) is 8.30. The molecule has 7 nitrogen and oxygen atoms in total. The van der Waals surface area contributed by atoms with Gasteiger partial charge in [0.25, 0.3) is 5.91 Å². The minimum Gasteiger partial charge on any atom is -0.497 e. The highest BCUT2D eigenvalue weighted by Gasteiger charge is 2.41. The second kappa shape index (κ2) is 6.96. The monoisotopic (exact) mass is 343 g/mol. The van der Waals surface area contributed by atoms with Crippen molar-refractivity contribution in [1.82, 2.24) is 15.1 Å². The van der Waals surface area contributed by atoms with Crippen LogP contribution in [0.2, 0.25) is 0 Å². The molecule has 1 aliphatic rings. The van der Waals surface area contributed by atoms with Crippen molar-refractivity contribution in [2.24, 2.45) is 0 Å². The molecule has 0 unspecified atom stereocenters. The Bertz CT molecular complexity index is 761. The molecule has 1 aromatic heterocycles. The summed E-state index contributed by atoms with van der Waals surface area (Å²) in [7, 11) is 1.59. The number of benzene rings is 1. The zero-order chi connectivity index (χ0) is 17.9. The SMILES string of the molecule is COc1ccc(-n2ccc(C(=O)NC3(C(=O)O)CCCCC3)n2)cc1. The van der Waals surface area contributed by atoms with Gasteiger partial charge in [-0.3, -0.25) is 4.79 Å². The zero-order valence-electron chi connectivity index (χ0n) is 14.1. The molecule has 0 aliphatic heterocycles. The van der Waals surface area contributed by atoms with Crippen molar-refractivity contribution in [3.05, 3.63) is 42.2 Å². The van der Waals surface area contributed by atoms with Gasteiger partial charge < -0.3 is 15.2 Å². The maximum atomic E-state index is 12.5. The van der Waals surface area contributed by atoms with Crippen LogP contribution in [0, 0.1) is 0 Å². The molecule has 1 amide bonds. The van der Waals surface area contributed by atoms with Crippen LogP contribution in [0.3, 0.4) is 0 Å². The zero-order valence-corrected chi connectivity index (χ0v) is 14.1. The van der Waals surface area contributed by atoms with Crippen molar-refractivity contribution in [2.45, 2.75) is 37.6 Å². The largest absolute Gasteiger partial charge is 0.497 e. The van der Waals surface area contributed by atoms with Gasteiger partial charge in [-0.2, -0.15) is 5.10 Å². The predicted octanol–water partition coefficient (Wildman–Crippen LogP) is 2.40. The quantitative estimate of drug-likeness (QED) is 0.869. The van der Waals surface area contributed by atoms with Crippen LogP contribution < -0.4 is 10.1 Å². The van der Waals surface area contributed by atoms with Gasteiger partial charge >= 0.3 is 5.97 Å². The normalized spacial score (nSPS) is 16.2. The molecule has 1 aliphatic carbocycles. The van der Waals surface area contributed by atoms with E-state index in [9.17, 15) is 14.7 Å². The maximum Gasteiger partial charge on any atom is 0.329 e. The number of aromatic nitrogens is 2. The molecule has 0 bridgehead atoms. The number of carbonyl (C=O) groups excluding carboxylic acids is 1. The average molecular weight is 343 g/mol. The van der Waals surface area contributed by atoms with Gasteiger partial charge in [0.2, 0.25) is 0 Å². The third-order valence-corrected chi connectivity index (χ3v) is 4.63. The van der Waals surface area contributed by atoms with E-state index in [0.29, 0.717) is 12.8 Å². The van der Waals surface area contributed by atoms with E-state index in [2.05, 4.69) is 10.4 Å². The molecular formula is C18H21N3O4. The van der Waals surface area contributed by atoms with Crippen LogP contribution in [0.1, 0.15) is 42.6 Å². The van der Waals surface area contributed by atoms with Crippen LogP contribution in [-0.2, 0) is 4.79 Å². The fourth-order valence-corrected chi connectivity index (χ4v) is 3.15. The Morgan fingerprint density at radius 1 is 1.16 bits per heavy atom. The maximum absolute atomic E-state index is 12.5. The van der Waals surface area contributed by atoms with Gasteiger partial charge in [0.1, 0.15) is 11.3 Å². The van der Waals surface area contributed by atoms with Crippen molar-refractivity contribution < 1.29 is 19.4 Å². The number of carboxylic acid groups (broad SMARTS) is 1. The summed E-state index contributed by atoms with van der Waals surface area (Å²) in [4.78, 5) is 24.2. The van der Waals surface area contributed by atoms with Crippen molar-refractivity contribution in [3.63, 3.8) is 0 Å². The molecule has 0 saturated heterocycles. The first kappa shape index (κ1) is 17.0. The molecule has 1 fully saturated rings. The summed E-state index contributed by atoms with van der Waals surface area (Å²) in [6, 6.07) is 8.84. The number of nitrogens with zero attached hydrogens (tertiary/aromatic N) is 2. The topological polar surface area (TPSA) is 93.5 Å². The second-order valence-electron chi connectivity index (χ2n) is 6.25. The van der Waals surface area contributed by atoms with Gasteiger partial charge in [-0.15, -0.1) is 0 Å². The molecular weight excluding hydrogens is 322 g/mol. The van der Waals surface area contributed by atoms with Crippen LogP contribution in [0.4, 0.5) is 0 Å². The number of hydrogen-bond donors (Lipinski definition) is 2. The van der Waals surface area contributed by atoms with Crippen molar-refractivity contribution in [1.29, 1.82) is 0 Å². The second-order valence-corrected chi connectivity index (χ2v) is 6.25. The van der Waals surface area contributed by atoms with Crippen LogP contribution in [0.25, 0.3) is 5.69 Å². The number of amides is 1. The molecule has 1 aromatic carbocycles. The number of ether oxygens (including phenoxy) is 1. The third-order valence-electron chi connectivity index (χ3n) is 4.63. The van der Waals surface area contributed by atoms with E-state index in [4.69, 9.17) is 4.74 Å². The van der Waals surface area contributed by atoms with Crippen LogP contribution >= 0.6 is 0 Å². The van der Waals surface area contributed by atoms with E-state index in [1.165, 1.54) is 0 Å². The Morgan fingerprint density at radius 2 is 1.84 bits per heavy atom. The molecule has 7 heteroatoms. The van der Waals surface area contributed by atoms with E-state index < -0.39 is 17.4 Å². The molecule has 2 N–H and O–H groups in total. The molecule has 25 heavy (non-hydrogen) atoms. The van der Waals surface area contributed by atoms with Crippen molar-refractivity contribution in [3.8, 4) is 11.4 Å². The Hall–Kier alpha value is -2.83. The number of aliphatic carboxylic acids is 1. The average Bonchev–Trinajstić information content (AvgIpc) is 3.13. The van der Waals surface area contributed by atoms with Crippen LogP contribution in [0.15, 0.2) is 36.5 Å². The summed E-state index contributed by atoms with van der Waals surface area (Å²) < 4.78 is 6.69. The van der Waals surface area contributed by atoms with Gasteiger partial charge in [0.05, 0.1) is 12.8 Å². The van der Waals surface area contributed by atoms with E-state index in [1.807, 2.05) is 12.1 Å². The van der Waals surface area contributed by atoms with E-state index in [1.54, 1.807) is 36.2 Å². The Balaban J connectivity index is 1.76. The lowest BCUT2D eigenvalue weighted by molar-refractivity contribution is -0.145. The standard InChI is InChI=1S/C18H21N3O4/c1-25-14-7-5-13(6-8-14)21-12-9-15(20-21)16(22)19-18(17(23)24)10-3-2-4-11-18/h5-9,12H,2-4,10-11H2,1H3,(H,19,22)(H,23,24). The highest BCUT2D eigenvalue weighted by Crippen LogP contribution is 2.28. The van der Waals surface area contributed by atoms with Gasteiger partial charge in [-0.1, -0.05) is 19.3 Å². The number of methoxy groups -OCH3 is 1. The molecule has 132 valence electrons. The number of hydrogen-bond acceptors (Lipinski definition) is 4. The summed E-state index contributed by atoms with van der Waals surface area (Å²) in [6.07, 6.45) is 5.17. The summed E-state index contributed by atoms with van der Waals surface area (Å²) in [5.41, 5.74) is -0.202. The predicted molar refractivity (Wildman–Crippen MR) is 91.0 cm³/mol. The summed E-state index contributed by atoms with van der Waals surface area (Å²) in [5.74, 6) is -0.707. The van der Waals surface area contributed by atoms with E-state index in [-0.39, 0.29) is 5.69 Å². The molecule has 1 saturated carbocycles. The Labute approximate surface area is 145 Å². The minimum atomic E-state index is -1.18. The highest BCUT2D eigenvalue weighted by atomic mass is 16.5. The molecule has 0 radical (unpaired) electrons. The smallest absolute Gasteiger partial charge is 0.329 e. The molecule has 0 atom stereocenters. The number of carboxylic acids is 1. The van der Waals surface area contributed by atoms with Crippen LogP contribution in [-0.4, -0.2) is 39.4 Å². The van der Waals surface area contributed by atoms with Crippen LogP contribution in [0.5, 0.6) is 5.75 Å². The third kappa shape index (κ3) is 3.50. The van der Waals surface area contributed by atoms with E-state index >= 15 is 0 Å². The first-order valence-electron chi connectivity index (χ1n) is 8.30. The fourth-order valence-electron chi connectivity index (χ4n) is 3.15. The summed E-state index contributed by atoms with van der Waals surface area (Å²) in [5, 5.41) is 16.5. The molecule has 1 heterocycles. The van der Waals surface area contributed by atoms with Gasteiger partial charge in [-0.05, 0) is 43.2 Å². The first-order chi connectivity index (χ1) is 12.0. The van der Waals surface area contributed by atoms with Crippen molar-refractivity contribution in [2.75, 3.05) is 7.11 Å². The van der Waals surface area contributed by atoms with Gasteiger partial charge in [-0.25, -0.2) is 9.48 Å². The highest BCUT2D eigenvalue weighted by molar-refractivity contribution is 5.96. The lowest BCUT2D eigenvalue weighted by atomic mass is 9.81.